The highest BCUT2D eigenvalue weighted by Crippen LogP contribution is 2.14. The van der Waals surface area contributed by atoms with Crippen LogP contribution in [-0.4, -0.2) is 30.0 Å². The fourth-order valence-electron chi connectivity index (χ4n) is 1.96. The van der Waals surface area contributed by atoms with Gasteiger partial charge in [0.05, 0.1) is 11.0 Å². The van der Waals surface area contributed by atoms with E-state index in [1.165, 1.54) is 0 Å². The number of nitrogens with zero attached hydrogens (tertiary/aromatic N) is 1. The minimum atomic E-state index is -0.00343. The van der Waals surface area contributed by atoms with Crippen molar-refractivity contribution < 1.29 is 4.79 Å². The van der Waals surface area contributed by atoms with Gasteiger partial charge in [0.2, 0.25) is 5.91 Å². The predicted molar refractivity (Wildman–Crippen MR) is 64.4 cm³/mol. The first kappa shape index (κ1) is 11.5. The van der Waals surface area contributed by atoms with Gasteiger partial charge in [0, 0.05) is 24.5 Å². The average Bonchev–Trinajstić information content (AvgIpc) is 2.88. The fraction of sp³-hybridized carbons (Fsp3) is 0.636. The topological polar surface area (TPSA) is 54.0 Å². The van der Waals surface area contributed by atoms with Crippen molar-refractivity contribution in [3.63, 3.8) is 0 Å². The Morgan fingerprint density at radius 1 is 1.75 bits per heavy atom. The summed E-state index contributed by atoms with van der Waals surface area (Å²) in [5.74, 6) is 0.571. The molecule has 0 aromatic carbocycles. The summed E-state index contributed by atoms with van der Waals surface area (Å²) in [6.07, 6.45) is 3.71. The van der Waals surface area contributed by atoms with Crippen molar-refractivity contribution >= 4 is 17.2 Å². The predicted octanol–water partition coefficient (Wildman–Crippen LogP) is 0.800. The molecule has 2 heterocycles. The number of amides is 1. The van der Waals surface area contributed by atoms with Gasteiger partial charge in [-0.2, -0.15) is 0 Å². The van der Waals surface area contributed by atoms with Crippen LogP contribution in [-0.2, 0) is 11.2 Å². The van der Waals surface area contributed by atoms with Crippen LogP contribution in [0.2, 0.25) is 0 Å². The monoisotopic (exact) mass is 239 g/mol. The summed E-state index contributed by atoms with van der Waals surface area (Å²) in [7, 11) is 0. The zero-order valence-corrected chi connectivity index (χ0v) is 10.2. The molecule has 0 radical (unpaired) electrons. The van der Waals surface area contributed by atoms with Crippen molar-refractivity contribution in [1.29, 1.82) is 0 Å². The summed E-state index contributed by atoms with van der Waals surface area (Å²) in [6, 6.07) is -0.00343. The molecular formula is C11H17N3OS. The molecule has 1 amide bonds. The number of hydrogen-bond donors (Lipinski definition) is 2. The van der Waals surface area contributed by atoms with Crippen molar-refractivity contribution in [1.82, 2.24) is 15.6 Å². The van der Waals surface area contributed by atoms with Gasteiger partial charge in [-0.25, -0.2) is 4.98 Å². The van der Waals surface area contributed by atoms with Gasteiger partial charge >= 0.3 is 0 Å². The lowest BCUT2D eigenvalue weighted by atomic mass is 10.0. The van der Waals surface area contributed by atoms with Crippen LogP contribution in [0.4, 0.5) is 0 Å². The molecule has 1 saturated heterocycles. The molecule has 1 aliphatic rings. The van der Waals surface area contributed by atoms with E-state index in [9.17, 15) is 4.79 Å². The summed E-state index contributed by atoms with van der Waals surface area (Å²) in [5, 5.41) is 9.22. The lowest BCUT2D eigenvalue weighted by molar-refractivity contribution is -0.123. The van der Waals surface area contributed by atoms with Crippen LogP contribution < -0.4 is 10.6 Å². The molecule has 2 unspecified atom stereocenters. The third-order valence-electron chi connectivity index (χ3n) is 2.94. The van der Waals surface area contributed by atoms with E-state index in [2.05, 4.69) is 22.5 Å². The minimum absolute atomic E-state index is 0.00343. The number of carbonyl (C=O) groups excluding carboxylic acids is 1. The van der Waals surface area contributed by atoms with Crippen LogP contribution in [0, 0.1) is 5.92 Å². The quantitative estimate of drug-likeness (QED) is 0.817. The Bertz CT molecular complexity index is 339. The zero-order chi connectivity index (χ0) is 11.4. The Labute approximate surface area is 99.5 Å². The molecular weight excluding hydrogens is 222 g/mol. The fourth-order valence-corrected chi connectivity index (χ4v) is 2.58. The molecule has 5 heteroatoms. The van der Waals surface area contributed by atoms with Crippen LogP contribution in [0.5, 0.6) is 0 Å². The number of aromatic nitrogens is 1. The van der Waals surface area contributed by atoms with E-state index in [0.717, 1.165) is 24.4 Å². The highest BCUT2D eigenvalue weighted by molar-refractivity contribution is 7.09. The van der Waals surface area contributed by atoms with Gasteiger partial charge in [0.1, 0.15) is 0 Å². The molecule has 88 valence electrons. The Balaban J connectivity index is 1.71. The average molecular weight is 239 g/mol. The second-order valence-electron chi connectivity index (χ2n) is 4.16. The number of nitrogens with one attached hydrogen (secondary N) is 2. The second kappa shape index (κ2) is 5.41. The minimum Gasteiger partial charge on any atom is -0.354 e. The standard InChI is InChI=1S/C11H17N3OS/c1-8-2-4-13-10(8)11(15)14-5-3-9-12-6-7-16-9/h6-8,10,13H,2-5H2,1H3,(H,14,15). The smallest absolute Gasteiger partial charge is 0.237 e. The van der Waals surface area contributed by atoms with Crippen LogP contribution in [0.25, 0.3) is 0 Å². The van der Waals surface area contributed by atoms with Crippen LogP contribution in [0.1, 0.15) is 18.4 Å². The zero-order valence-electron chi connectivity index (χ0n) is 9.40. The van der Waals surface area contributed by atoms with Crippen LogP contribution >= 0.6 is 11.3 Å². The van der Waals surface area contributed by atoms with E-state index in [0.29, 0.717) is 12.5 Å². The second-order valence-corrected chi connectivity index (χ2v) is 5.14. The first-order chi connectivity index (χ1) is 7.77. The third-order valence-corrected chi connectivity index (χ3v) is 3.78. The van der Waals surface area contributed by atoms with Crippen molar-refractivity contribution in [3.05, 3.63) is 16.6 Å². The Kier molecular flexibility index (Phi) is 3.90. The lowest BCUT2D eigenvalue weighted by Crippen LogP contribution is -2.43. The van der Waals surface area contributed by atoms with E-state index in [1.807, 2.05) is 5.38 Å². The number of thiazole rings is 1. The van der Waals surface area contributed by atoms with Crippen molar-refractivity contribution in [3.8, 4) is 0 Å². The molecule has 1 aliphatic heterocycles. The van der Waals surface area contributed by atoms with Gasteiger partial charge in [-0.15, -0.1) is 11.3 Å². The maximum Gasteiger partial charge on any atom is 0.237 e. The largest absolute Gasteiger partial charge is 0.354 e. The molecule has 1 aromatic heterocycles. The van der Waals surface area contributed by atoms with Gasteiger partial charge in [-0.3, -0.25) is 4.79 Å². The summed E-state index contributed by atoms with van der Waals surface area (Å²) in [6.45, 7) is 3.74. The summed E-state index contributed by atoms with van der Waals surface area (Å²) < 4.78 is 0. The van der Waals surface area contributed by atoms with Gasteiger partial charge in [0.25, 0.3) is 0 Å². The summed E-state index contributed by atoms with van der Waals surface area (Å²) >= 11 is 1.63. The Morgan fingerprint density at radius 3 is 3.25 bits per heavy atom. The van der Waals surface area contributed by atoms with Gasteiger partial charge in [-0.05, 0) is 18.9 Å². The third kappa shape index (κ3) is 2.80. The highest BCUT2D eigenvalue weighted by atomic mass is 32.1. The lowest BCUT2D eigenvalue weighted by Gasteiger charge is -2.14. The van der Waals surface area contributed by atoms with Crippen molar-refractivity contribution in [2.75, 3.05) is 13.1 Å². The SMILES string of the molecule is CC1CCNC1C(=O)NCCc1nccs1. The van der Waals surface area contributed by atoms with Gasteiger partial charge < -0.3 is 10.6 Å². The molecule has 1 fully saturated rings. The van der Waals surface area contributed by atoms with Crippen molar-refractivity contribution in [2.24, 2.45) is 5.92 Å². The first-order valence-corrected chi connectivity index (χ1v) is 6.55. The van der Waals surface area contributed by atoms with Crippen LogP contribution in [0.15, 0.2) is 11.6 Å². The van der Waals surface area contributed by atoms with Gasteiger partial charge in [0.15, 0.2) is 0 Å². The molecule has 1 aromatic rings. The molecule has 2 rings (SSSR count). The van der Waals surface area contributed by atoms with E-state index >= 15 is 0 Å². The summed E-state index contributed by atoms with van der Waals surface area (Å²) in [5.41, 5.74) is 0. The molecule has 0 bridgehead atoms. The van der Waals surface area contributed by atoms with E-state index in [-0.39, 0.29) is 11.9 Å². The highest BCUT2D eigenvalue weighted by Gasteiger charge is 2.28. The molecule has 0 aliphatic carbocycles. The van der Waals surface area contributed by atoms with E-state index < -0.39 is 0 Å². The van der Waals surface area contributed by atoms with E-state index in [4.69, 9.17) is 0 Å². The van der Waals surface area contributed by atoms with Crippen LogP contribution in [0.3, 0.4) is 0 Å². The van der Waals surface area contributed by atoms with Gasteiger partial charge in [-0.1, -0.05) is 6.92 Å². The normalized spacial score (nSPS) is 24.6. The van der Waals surface area contributed by atoms with E-state index in [1.54, 1.807) is 17.5 Å². The molecule has 2 atom stereocenters. The maximum atomic E-state index is 11.8. The molecule has 0 saturated carbocycles. The molecule has 4 nitrogen and oxygen atoms in total. The summed E-state index contributed by atoms with van der Waals surface area (Å²) in [4.78, 5) is 16.0. The molecule has 0 spiro atoms. The number of carbonyl (C=O) groups is 1. The molecule has 2 N–H and O–H groups in total. The molecule has 16 heavy (non-hydrogen) atoms. The Morgan fingerprint density at radius 2 is 2.62 bits per heavy atom. The number of hydrogen-bond acceptors (Lipinski definition) is 4. The first-order valence-electron chi connectivity index (χ1n) is 5.67. The number of rotatable bonds is 4. The Hall–Kier alpha value is -0.940. The maximum absolute atomic E-state index is 11.8. The van der Waals surface area contributed by atoms with Crippen molar-refractivity contribution in [2.45, 2.75) is 25.8 Å².